The van der Waals surface area contributed by atoms with Crippen molar-refractivity contribution in [3.8, 4) is 6.07 Å². The SMILES string of the molecule is N#Cc1ccc(C[C@@H](NC(=O)Cc2cccc([N+](=O)[O-])c2)C(=O)O)cc1. The first-order chi connectivity index (χ1) is 12.4. The Labute approximate surface area is 148 Å². The monoisotopic (exact) mass is 353 g/mol. The molecule has 0 fully saturated rings. The van der Waals surface area contributed by atoms with E-state index in [-0.39, 0.29) is 18.5 Å². The first-order valence-corrected chi connectivity index (χ1v) is 7.63. The fraction of sp³-hybridized carbons (Fsp3) is 0.167. The summed E-state index contributed by atoms with van der Waals surface area (Å²) in [5, 5.41) is 31.3. The topological polar surface area (TPSA) is 133 Å². The second-order valence-corrected chi connectivity index (χ2v) is 5.57. The third-order valence-electron chi connectivity index (χ3n) is 3.64. The minimum absolute atomic E-state index is 0.0573. The second-order valence-electron chi connectivity index (χ2n) is 5.57. The van der Waals surface area contributed by atoms with Crippen molar-refractivity contribution in [3.63, 3.8) is 0 Å². The minimum atomic E-state index is -1.19. The Bertz CT molecular complexity index is 871. The molecule has 0 aliphatic heterocycles. The van der Waals surface area contributed by atoms with Gasteiger partial charge in [-0.3, -0.25) is 14.9 Å². The highest BCUT2D eigenvalue weighted by Gasteiger charge is 2.21. The minimum Gasteiger partial charge on any atom is -0.480 e. The molecule has 2 rings (SSSR count). The number of non-ortho nitro benzene ring substituents is 1. The lowest BCUT2D eigenvalue weighted by Gasteiger charge is -2.15. The lowest BCUT2D eigenvalue weighted by atomic mass is 10.0. The van der Waals surface area contributed by atoms with E-state index in [0.717, 1.165) is 0 Å². The van der Waals surface area contributed by atoms with Crippen molar-refractivity contribution in [1.29, 1.82) is 5.26 Å². The van der Waals surface area contributed by atoms with E-state index in [2.05, 4.69) is 5.32 Å². The van der Waals surface area contributed by atoms with Crippen LogP contribution in [0, 0.1) is 21.4 Å². The van der Waals surface area contributed by atoms with Gasteiger partial charge in [0.2, 0.25) is 5.91 Å². The highest BCUT2D eigenvalue weighted by molar-refractivity contribution is 5.85. The first kappa shape index (κ1) is 18.6. The van der Waals surface area contributed by atoms with Gasteiger partial charge in [-0.1, -0.05) is 24.3 Å². The molecule has 0 unspecified atom stereocenters. The Hall–Kier alpha value is -3.73. The van der Waals surface area contributed by atoms with Crippen molar-refractivity contribution in [1.82, 2.24) is 5.32 Å². The number of nitriles is 1. The van der Waals surface area contributed by atoms with Crippen molar-refractivity contribution in [3.05, 3.63) is 75.3 Å². The average Bonchev–Trinajstić information content (AvgIpc) is 2.61. The molecule has 8 nitrogen and oxygen atoms in total. The van der Waals surface area contributed by atoms with E-state index in [9.17, 15) is 24.8 Å². The van der Waals surface area contributed by atoms with Gasteiger partial charge < -0.3 is 10.4 Å². The highest BCUT2D eigenvalue weighted by atomic mass is 16.6. The van der Waals surface area contributed by atoms with Gasteiger partial charge in [0.1, 0.15) is 6.04 Å². The summed E-state index contributed by atoms with van der Waals surface area (Å²) in [5.41, 5.74) is 1.39. The van der Waals surface area contributed by atoms with Crippen LogP contribution in [-0.2, 0) is 22.4 Å². The number of nitro groups is 1. The summed E-state index contributed by atoms with van der Waals surface area (Å²) in [6.45, 7) is 0. The summed E-state index contributed by atoms with van der Waals surface area (Å²) >= 11 is 0. The third kappa shape index (κ3) is 5.14. The molecular formula is C18H15N3O5. The summed E-state index contributed by atoms with van der Waals surface area (Å²) in [4.78, 5) is 33.7. The van der Waals surface area contributed by atoms with Crippen LogP contribution < -0.4 is 5.32 Å². The number of hydrogen-bond donors (Lipinski definition) is 2. The van der Waals surface area contributed by atoms with E-state index in [4.69, 9.17) is 5.26 Å². The fourth-order valence-electron chi connectivity index (χ4n) is 2.36. The van der Waals surface area contributed by atoms with Gasteiger partial charge in [0.25, 0.3) is 5.69 Å². The van der Waals surface area contributed by atoms with Crippen LogP contribution in [0.15, 0.2) is 48.5 Å². The van der Waals surface area contributed by atoms with E-state index in [1.807, 2.05) is 6.07 Å². The number of carbonyl (C=O) groups excluding carboxylic acids is 1. The number of amides is 1. The Kier molecular flexibility index (Phi) is 6.01. The summed E-state index contributed by atoms with van der Waals surface area (Å²) in [5.74, 6) is -1.74. The molecule has 8 heteroatoms. The lowest BCUT2D eigenvalue weighted by molar-refractivity contribution is -0.384. The zero-order valence-corrected chi connectivity index (χ0v) is 13.6. The summed E-state index contributed by atoms with van der Waals surface area (Å²) in [6.07, 6.45) is -0.111. The summed E-state index contributed by atoms with van der Waals surface area (Å²) in [7, 11) is 0. The molecule has 0 radical (unpaired) electrons. The van der Waals surface area contributed by atoms with Gasteiger partial charge in [-0.25, -0.2) is 4.79 Å². The van der Waals surface area contributed by atoms with E-state index in [1.165, 1.54) is 18.2 Å². The Morgan fingerprint density at radius 3 is 2.46 bits per heavy atom. The second kappa shape index (κ2) is 8.39. The van der Waals surface area contributed by atoms with Gasteiger partial charge in [0, 0.05) is 18.6 Å². The number of carboxylic acids is 1. The summed E-state index contributed by atoms with van der Waals surface area (Å²) < 4.78 is 0. The van der Waals surface area contributed by atoms with E-state index in [0.29, 0.717) is 16.7 Å². The molecule has 0 saturated heterocycles. The highest BCUT2D eigenvalue weighted by Crippen LogP contribution is 2.14. The van der Waals surface area contributed by atoms with E-state index < -0.39 is 22.8 Å². The smallest absolute Gasteiger partial charge is 0.326 e. The van der Waals surface area contributed by atoms with Crippen molar-refractivity contribution in [2.45, 2.75) is 18.9 Å². The van der Waals surface area contributed by atoms with Crippen LogP contribution in [0.4, 0.5) is 5.69 Å². The van der Waals surface area contributed by atoms with Crippen LogP contribution in [0.5, 0.6) is 0 Å². The van der Waals surface area contributed by atoms with Gasteiger partial charge in [-0.05, 0) is 23.3 Å². The molecule has 0 spiro atoms. The van der Waals surface area contributed by atoms with Crippen molar-refractivity contribution < 1.29 is 19.6 Å². The molecular weight excluding hydrogens is 338 g/mol. The molecule has 2 aromatic carbocycles. The van der Waals surface area contributed by atoms with Crippen LogP contribution in [0.2, 0.25) is 0 Å². The molecule has 132 valence electrons. The summed E-state index contributed by atoms with van der Waals surface area (Å²) in [6, 6.07) is 12.8. The molecule has 0 aromatic heterocycles. The van der Waals surface area contributed by atoms with Gasteiger partial charge in [-0.2, -0.15) is 5.26 Å². The number of aliphatic carboxylic acids is 1. The Morgan fingerprint density at radius 1 is 1.19 bits per heavy atom. The average molecular weight is 353 g/mol. The normalized spacial score (nSPS) is 11.2. The number of rotatable bonds is 7. The molecule has 26 heavy (non-hydrogen) atoms. The number of nitrogens with one attached hydrogen (secondary N) is 1. The number of nitro benzene ring substituents is 1. The van der Waals surface area contributed by atoms with Crippen LogP contribution in [0.3, 0.4) is 0 Å². The molecule has 0 heterocycles. The number of nitrogens with zero attached hydrogens (tertiary/aromatic N) is 2. The van der Waals surface area contributed by atoms with Crippen LogP contribution in [-0.4, -0.2) is 27.9 Å². The third-order valence-corrected chi connectivity index (χ3v) is 3.64. The maximum absolute atomic E-state index is 12.1. The molecule has 0 aliphatic carbocycles. The zero-order valence-electron chi connectivity index (χ0n) is 13.6. The Balaban J connectivity index is 2.03. The van der Waals surface area contributed by atoms with Gasteiger partial charge in [0.05, 0.1) is 23.0 Å². The van der Waals surface area contributed by atoms with Crippen molar-refractivity contribution in [2.24, 2.45) is 0 Å². The predicted molar refractivity (Wildman–Crippen MR) is 91.2 cm³/mol. The lowest BCUT2D eigenvalue weighted by Crippen LogP contribution is -2.43. The van der Waals surface area contributed by atoms with E-state index >= 15 is 0 Å². The quantitative estimate of drug-likeness (QED) is 0.576. The van der Waals surface area contributed by atoms with E-state index in [1.54, 1.807) is 30.3 Å². The standard InChI is InChI=1S/C18H15N3O5/c19-11-13-6-4-12(5-7-13)9-16(18(23)24)20-17(22)10-14-2-1-3-15(8-14)21(25)26/h1-8,16H,9-10H2,(H,20,22)(H,23,24)/t16-/m1/s1. The molecule has 1 atom stereocenters. The fourth-order valence-corrected chi connectivity index (χ4v) is 2.36. The Morgan fingerprint density at radius 2 is 1.88 bits per heavy atom. The molecule has 0 saturated carbocycles. The predicted octanol–water partition coefficient (Wildman–Crippen LogP) is 1.82. The van der Waals surface area contributed by atoms with Crippen molar-refractivity contribution >= 4 is 17.6 Å². The molecule has 2 aromatic rings. The maximum Gasteiger partial charge on any atom is 0.326 e. The maximum atomic E-state index is 12.1. The molecule has 0 bridgehead atoms. The molecule has 1 amide bonds. The number of carboxylic acid groups (broad SMARTS) is 1. The molecule has 0 aliphatic rings. The van der Waals surface area contributed by atoms with Gasteiger partial charge in [-0.15, -0.1) is 0 Å². The number of benzene rings is 2. The zero-order chi connectivity index (χ0) is 19.1. The van der Waals surface area contributed by atoms with Crippen molar-refractivity contribution in [2.75, 3.05) is 0 Å². The van der Waals surface area contributed by atoms with Gasteiger partial charge in [0.15, 0.2) is 0 Å². The van der Waals surface area contributed by atoms with Crippen LogP contribution >= 0.6 is 0 Å². The largest absolute Gasteiger partial charge is 0.480 e. The van der Waals surface area contributed by atoms with Crippen LogP contribution in [0.25, 0.3) is 0 Å². The first-order valence-electron chi connectivity index (χ1n) is 7.63. The number of hydrogen-bond acceptors (Lipinski definition) is 5. The van der Waals surface area contributed by atoms with Gasteiger partial charge >= 0.3 is 5.97 Å². The van der Waals surface area contributed by atoms with Crippen LogP contribution in [0.1, 0.15) is 16.7 Å². The molecule has 2 N–H and O–H groups in total. The number of carbonyl (C=O) groups is 2.